The molecule has 0 saturated carbocycles. The van der Waals surface area contributed by atoms with Crippen molar-refractivity contribution in [1.82, 2.24) is 14.9 Å². The highest BCUT2D eigenvalue weighted by Gasteiger charge is 2.29. The Morgan fingerprint density at radius 1 is 1.15 bits per heavy atom. The van der Waals surface area contributed by atoms with Gasteiger partial charge in [-0.05, 0) is 54.6 Å². The third-order valence-corrected chi connectivity index (χ3v) is 8.23. The fraction of sp³-hybridized carbons (Fsp3) is 0.192. The van der Waals surface area contributed by atoms with E-state index >= 15 is 0 Å². The van der Waals surface area contributed by atoms with Crippen molar-refractivity contribution in [2.24, 2.45) is 0 Å². The molecule has 0 fully saturated rings. The number of nitrogens with one attached hydrogen (secondary N) is 1. The number of hydrogen-bond acceptors (Lipinski definition) is 5. The molecular weight excluding hydrogens is 450 g/mol. The molecule has 0 saturated heterocycles. The molecule has 1 amide bonds. The number of nitrogens with zero attached hydrogens (tertiary/aromatic N) is 2. The minimum atomic E-state index is -0.313. The van der Waals surface area contributed by atoms with E-state index in [1.807, 2.05) is 37.3 Å². The lowest BCUT2D eigenvalue weighted by molar-refractivity contribution is 0.0951. The second kappa shape index (κ2) is 9.37. The topological polar surface area (TPSA) is 64.0 Å². The van der Waals surface area contributed by atoms with Gasteiger partial charge in [-0.15, -0.1) is 23.1 Å². The maximum absolute atomic E-state index is 13.3. The van der Waals surface area contributed by atoms with Crippen molar-refractivity contribution in [2.45, 2.75) is 29.9 Å². The first-order valence-electron chi connectivity index (χ1n) is 10.8. The highest BCUT2D eigenvalue weighted by Crippen LogP contribution is 2.45. The van der Waals surface area contributed by atoms with Gasteiger partial charge in [-0.1, -0.05) is 18.2 Å². The lowest BCUT2D eigenvalue weighted by Gasteiger charge is -2.19. The zero-order chi connectivity index (χ0) is 22.8. The number of pyridine rings is 2. The smallest absolute Gasteiger partial charge is 0.257 e. The number of aryl methyl sites for hydroxylation is 1. The number of thioether (sulfide) groups is 1. The predicted octanol–water partition coefficient (Wildman–Crippen LogP) is 4.96. The first-order chi connectivity index (χ1) is 16.1. The van der Waals surface area contributed by atoms with Gasteiger partial charge in [0.2, 0.25) is 0 Å². The van der Waals surface area contributed by atoms with Crippen LogP contribution in [0.3, 0.4) is 0 Å². The summed E-state index contributed by atoms with van der Waals surface area (Å²) in [5.74, 6) is -0.313. The van der Waals surface area contributed by atoms with Crippen molar-refractivity contribution >= 4 is 29.0 Å². The van der Waals surface area contributed by atoms with E-state index in [9.17, 15) is 9.59 Å². The van der Waals surface area contributed by atoms with Gasteiger partial charge in [0.1, 0.15) is 5.56 Å². The predicted molar refractivity (Wildman–Crippen MR) is 134 cm³/mol. The van der Waals surface area contributed by atoms with Crippen molar-refractivity contribution in [3.63, 3.8) is 0 Å². The Bertz CT molecular complexity index is 1350. The van der Waals surface area contributed by atoms with Crippen LogP contribution in [0, 0.1) is 6.92 Å². The number of carbonyl (C=O) groups is 1. The number of rotatable bonds is 5. The third kappa shape index (κ3) is 4.38. The van der Waals surface area contributed by atoms with Crippen LogP contribution in [0.1, 0.15) is 37.4 Å². The van der Waals surface area contributed by atoms with Gasteiger partial charge in [0.25, 0.3) is 5.91 Å². The summed E-state index contributed by atoms with van der Waals surface area (Å²) in [5.41, 5.74) is 3.73. The number of amides is 1. The second-order valence-corrected chi connectivity index (χ2v) is 10.2. The maximum atomic E-state index is 13.3. The van der Waals surface area contributed by atoms with Crippen LogP contribution in [-0.2, 0) is 12.8 Å². The van der Waals surface area contributed by atoms with Crippen LogP contribution in [-0.4, -0.2) is 22.0 Å². The molecule has 5 nitrogen and oxygen atoms in total. The lowest BCUT2D eigenvalue weighted by atomic mass is 10.0. The van der Waals surface area contributed by atoms with E-state index < -0.39 is 0 Å². The van der Waals surface area contributed by atoms with Gasteiger partial charge in [-0.25, -0.2) is 0 Å². The van der Waals surface area contributed by atoms with E-state index in [1.165, 1.54) is 4.88 Å². The van der Waals surface area contributed by atoms with Crippen molar-refractivity contribution in [1.29, 1.82) is 0 Å². The molecule has 4 heterocycles. The van der Waals surface area contributed by atoms with Crippen LogP contribution >= 0.6 is 23.1 Å². The zero-order valence-corrected chi connectivity index (χ0v) is 19.8. The van der Waals surface area contributed by atoms with Gasteiger partial charge < -0.3 is 9.88 Å². The van der Waals surface area contributed by atoms with Crippen LogP contribution in [0.15, 0.2) is 82.1 Å². The SMILES string of the molecule is Cc1cc(=O)c(C(=O)NCCc2ccncc2)c2n1-c1ccccc1S[C@H](c1cccs1)C2. The largest absolute Gasteiger partial charge is 0.352 e. The molecule has 0 aliphatic carbocycles. The van der Waals surface area contributed by atoms with Crippen LogP contribution in [0.4, 0.5) is 0 Å². The molecule has 166 valence electrons. The number of para-hydroxylation sites is 1. The van der Waals surface area contributed by atoms with Gasteiger partial charge in [0.15, 0.2) is 5.43 Å². The summed E-state index contributed by atoms with van der Waals surface area (Å²) >= 11 is 3.50. The third-order valence-electron chi connectivity index (χ3n) is 5.79. The molecule has 5 rings (SSSR count). The van der Waals surface area contributed by atoms with Gasteiger partial charge in [0.05, 0.1) is 5.69 Å². The monoisotopic (exact) mass is 473 g/mol. The van der Waals surface area contributed by atoms with Crippen molar-refractivity contribution in [3.05, 3.63) is 110 Å². The van der Waals surface area contributed by atoms with Crippen molar-refractivity contribution in [3.8, 4) is 5.69 Å². The summed E-state index contributed by atoms with van der Waals surface area (Å²) in [7, 11) is 0. The summed E-state index contributed by atoms with van der Waals surface area (Å²) in [6.07, 6.45) is 4.76. The second-order valence-electron chi connectivity index (χ2n) is 7.96. The first-order valence-corrected chi connectivity index (χ1v) is 12.6. The average molecular weight is 474 g/mol. The molecule has 0 spiro atoms. The van der Waals surface area contributed by atoms with E-state index in [2.05, 4.69) is 38.4 Å². The van der Waals surface area contributed by atoms with E-state index in [0.717, 1.165) is 27.5 Å². The standard InChI is InChI=1S/C26H23N3O2S2/c1-17-15-21(30)25(26(31)28-13-10-18-8-11-27-12-9-18)20-16-24(23-7-4-14-32-23)33-22-6-3-2-5-19(22)29(17)20/h2-9,11-12,14-15,24H,10,13,16H2,1H3,(H,28,31)/t24-/m0/s1. The molecule has 1 aromatic carbocycles. The summed E-state index contributed by atoms with van der Waals surface area (Å²) in [4.78, 5) is 32.8. The summed E-state index contributed by atoms with van der Waals surface area (Å²) < 4.78 is 2.09. The molecule has 33 heavy (non-hydrogen) atoms. The van der Waals surface area contributed by atoms with Crippen LogP contribution in [0.2, 0.25) is 0 Å². The Morgan fingerprint density at radius 3 is 2.76 bits per heavy atom. The average Bonchev–Trinajstić information content (AvgIpc) is 3.29. The molecule has 4 aromatic rings. The molecule has 1 atom stereocenters. The fourth-order valence-electron chi connectivity index (χ4n) is 4.27. The van der Waals surface area contributed by atoms with E-state index in [1.54, 1.807) is 41.6 Å². The minimum Gasteiger partial charge on any atom is -0.352 e. The number of thiophene rings is 1. The molecule has 0 unspecified atom stereocenters. The molecular formula is C26H23N3O2S2. The summed E-state index contributed by atoms with van der Waals surface area (Å²) in [5, 5.41) is 5.18. The molecule has 7 heteroatoms. The number of fused-ring (bicyclic) bond motifs is 3. The van der Waals surface area contributed by atoms with Crippen molar-refractivity contribution < 1.29 is 4.79 Å². The lowest BCUT2D eigenvalue weighted by Crippen LogP contribution is -2.33. The van der Waals surface area contributed by atoms with Crippen LogP contribution < -0.4 is 10.7 Å². The quantitative estimate of drug-likeness (QED) is 0.445. The molecule has 1 aliphatic heterocycles. The van der Waals surface area contributed by atoms with Crippen molar-refractivity contribution in [2.75, 3.05) is 6.54 Å². The Morgan fingerprint density at radius 2 is 1.97 bits per heavy atom. The van der Waals surface area contributed by atoms with E-state index in [-0.39, 0.29) is 22.1 Å². The number of hydrogen-bond donors (Lipinski definition) is 1. The van der Waals surface area contributed by atoms with Gasteiger partial charge >= 0.3 is 0 Å². The number of carbonyl (C=O) groups excluding carboxylic acids is 1. The maximum Gasteiger partial charge on any atom is 0.257 e. The molecule has 1 aliphatic rings. The minimum absolute atomic E-state index is 0.129. The normalized spacial score (nSPS) is 14.8. The van der Waals surface area contributed by atoms with E-state index in [4.69, 9.17) is 0 Å². The highest BCUT2D eigenvalue weighted by atomic mass is 32.2. The zero-order valence-electron chi connectivity index (χ0n) is 18.2. The first kappa shape index (κ1) is 21.7. The molecule has 3 aromatic heterocycles. The highest BCUT2D eigenvalue weighted by molar-refractivity contribution is 7.99. The number of benzene rings is 1. The molecule has 1 N–H and O–H groups in total. The summed E-state index contributed by atoms with van der Waals surface area (Å²) in [6, 6.07) is 17.8. The van der Waals surface area contributed by atoms with Gasteiger partial charge in [-0.3, -0.25) is 14.6 Å². The number of aromatic nitrogens is 2. The molecule has 0 radical (unpaired) electrons. The van der Waals surface area contributed by atoms with Gasteiger partial charge in [0, 0.05) is 57.8 Å². The Kier molecular flexibility index (Phi) is 6.15. The van der Waals surface area contributed by atoms with Crippen LogP contribution in [0.25, 0.3) is 5.69 Å². The Balaban J connectivity index is 1.55. The Hall–Kier alpha value is -3.16. The fourth-order valence-corrected chi connectivity index (χ4v) is 6.47. The summed E-state index contributed by atoms with van der Waals surface area (Å²) in [6.45, 7) is 2.39. The molecule has 0 bridgehead atoms. The van der Waals surface area contributed by atoms with Crippen LogP contribution in [0.5, 0.6) is 0 Å². The Labute approximate surface area is 200 Å². The van der Waals surface area contributed by atoms with Gasteiger partial charge in [-0.2, -0.15) is 0 Å². The van der Waals surface area contributed by atoms with E-state index in [0.29, 0.717) is 19.4 Å².